The molecule has 0 bridgehead atoms. The van der Waals surface area contributed by atoms with Gasteiger partial charge >= 0.3 is 6.16 Å². The summed E-state index contributed by atoms with van der Waals surface area (Å²) in [5.41, 5.74) is 2.31. The Labute approximate surface area is 146 Å². The predicted octanol–water partition coefficient (Wildman–Crippen LogP) is 5.77. The van der Waals surface area contributed by atoms with Gasteiger partial charge in [-0.2, -0.15) is 0 Å². The average molecular weight is 353 g/mol. The van der Waals surface area contributed by atoms with Crippen LogP contribution in [0.25, 0.3) is 0 Å². The second kappa shape index (κ2) is 9.72. The lowest BCUT2D eigenvalue weighted by Crippen LogP contribution is -2.35. The topological polar surface area (TPSA) is 66.8 Å². The van der Waals surface area contributed by atoms with Gasteiger partial charge in [-0.15, -0.1) is 0 Å². The first-order valence-corrected chi connectivity index (χ1v) is 12.0. The Balaban J connectivity index is 3.21. The maximum atomic E-state index is 10.9. The zero-order valence-electron chi connectivity index (χ0n) is 15.5. The van der Waals surface area contributed by atoms with E-state index in [1.807, 2.05) is 0 Å². The molecular formula is C19H32O4Si. The Morgan fingerprint density at radius 2 is 1.67 bits per heavy atom. The lowest BCUT2D eigenvalue weighted by atomic mass is 10.0. The number of ether oxygens (including phenoxy) is 1. The zero-order valence-corrected chi connectivity index (χ0v) is 16.5. The van der Waals surface area contributed by atoms with Crippen LogP contribution in [0.2, 0.25) is 18.1 Å². The number of unbranched alkanes of at least 4 members (excludes halogenated alkanes) is 2. The van der Waals surface area contributed by atoms with Gasteiger partial charge in [0.15, 0.2) is 11.5 Å². The molecule has 0 saturated carbocycles. The zero-order chi connectivity index (χ0) is 18.2. The summed E-state index contributed by atoms with van der Waals surface area (Å²) in [5, 5.41) is 19.0. The van der Waals surface area contributed by atoms with Gasteiger partial charge in [-0.3, -0.25) is 0 Å². The SMILES string of the molecule is CCCCCc1cc(O)c(OC(=O)O)cc1C[Si](CC)(CC)CC. The molecule has 0 radical (unpaired) electrons. The number of hydrogen-bond acceptors (Lipinski definition) is 3. The Hall–Kier alpha value is -1.49. The first-order chi connectivity index (χ1) is 11.4. The molecule has 0 aliphatic carbocycles. The maximum absolute atomic E-state index is 10.9. The summed E-state index contributed by atoms with van der Waals surface area (Å²) in [7, 11) is -1.40. The monoisotopic (exact) mass is 352 g/mol. The van der Waals surface area contributed by atoms with E-state index in [0.29, 0.717) is 0 Å². The van der Waals surface area contributed by atoms with Gasteiger partial charge < -0.3 is 14.9 Å². The summed E-state index contributed by atoms with van der Waals surface area (Å²) in [6, 6.07) is 8.13. The predicted molar refractivity (Wildman–Crippen MR) is 101 cm³/mol. The molecule has 4 nitrogen and oxygen atoms in total. The third-order valence-electron chi connectivity index (χ3n) is 5.34. The molecular weight excluding hydrogens is 320 g/mol. The normalized spacial score (nSPS) is 11.5. The lowest BCUT2D eigenvalue weighted by Gasteiger charge is -2.29. The molecule has 0 fully saturated rings. The van der Waals surface area contributed by atoms with Gasteiger partial charge in [0.25, 0.3) is 0 Å². The van der Waals surface area contributed by atoms with Crippen LogP contribution in [0.5, 0.6) is 11.5 Å². The van der Waals surface area contributed by atoms with Gasteiger partial charge in [-0.25, -0.2) is 4.79 Å². The number of phenolic OH excluding ortho intramolecular Hbond substituents is 1. The minimum absolute atomic E-state index is 0.0583. The van der Waals surface area contributed by atoms with Crippen molar-refractivity contribution in [3.05, 3.63) is 23.3 Å². The van der Waals surface area contributed by atoms with Gasteiger partial charge in [-0.05, 0) is 42.1 Å². The Morgan fingerprint density at radius 3 is 2.17 bits per heavy atom. The number of carboxylic acid groups (broad SMARTS) is 1. The highest BCUT2D eigenvalue weighted by molar-refractivity contribution is 6.79. The first-order valence-electron chi connectivity index (χ1n) is 9.16. The van der Waals surface area contributed by atoms with Crippen LogP contribution in [-0.2, 0) is 12.5 Å². The summed E-state index contributed by atoms with van der Waals surface area (Å²) >= 11 is 0. The van der Waals surface area contributed by atoms with Crippen LogP contribution < -0.4 is 4.74 Å². The van der Waals surface area contributed by atoms with E-state index in [1.165, 1.54) is 18.1 Å². The standard InChI is InChI=1S/C19H32O4Si/c1-5-9-10-11-15-12-17(20)18(23-19(21)22)13-16(15)14-24(6-2,7-3)8-4/h12-13,20H,5-11,14H2,1-4H3,(H,21,22). The minimum atomic E-state index is -1.40. The van der Waals surface area contributed by atoms with Crippen molar-refractivity contribution >= 4 is 14.2 Å². The maximum Gasteiger partial charge on any atom is 0.511 e. The van der Waals surface area contributed by atoms with Crippen molar-refractivity contribution in [2.45, 2.75) is 77.6 Å². The molecule has 136 valence electrons. The highest BCUT2D eigenvalue weighted by Crippen LogP contribution is 2.34. The van der Waals surface area contributed by atoms with Crippen molar-refractivity contribution in [1.82, 2.24) is 0 Å². The number of phenols is 1. The van der Waals surface area contributed by atoms with Crippen molar-refractivity contribution in [1.29, 1.82) is 0 Å². The van der Waals surface area contributed by atoms with Crippen LogP contribution in [0, 0.1) is 0 Å². The van der Waals surface area contributed by atoms with E-state index in [0.717, 1.165) is 42.9 Å². The Morgan fingerprint density at radius 1 is 1.04 bits per heavy atom. The van der Waals surface area contributed by atoms with E-state index in [-0.39, 0.29) is 11.5 Å². The molecule has 1 rings (SSSR count). The van der Waals surface area contributed by atoms with Crippen molar-refractivity contribution in [3.8, 4) is 11.5 Å². The highest BCUT2D eigenvalue weighted by atomic mass is 28.3. The molecule has 2 N–H and O–H groups in total. The van der Waals surface area contributed by atoms with E-state index in [1.54, 1.807) is 12.1 Å². The van der Waals surface area contributed by atoms with Crippen LogP contribution >= 0.6 is 0 Å². The van der Waals surface area contributed by atoms with Crippen LogP contribution in [0.4, 0.5) is 4.79 Å². The second-order valence-electron chi connectivity index (χ2n) is 6.65. The average Bonchev–Trinajstić information content (AvgIpc) is 2.56. The van der Waals surface area contributed by atoms with E-state index < -0.39 is 14.2 Å². The molecule has 0 amide bonds. The molecule has 5 heteroatoms. The number of aryl methyl sites for hydroxylation is 1. The van der Waals surface area contributed by atoms with Gasteiger partial charge in [0.1, 0.15) is 0 Å². The van der Waals surface area contributed by atoms with Crippen molar-refractivity contribution in [2.75, 3.05) is 0 Å². The molecule has 24 heavy (non-hydrogen) atoms. The van der Waals surface area contributed by atoms with E-state index in [9.17, 15) is 9.90 Å². The smallest absolute Gasteiger partial charge is 0.504 e. The fourth-order valence-electron chi connectivity index (χ4n) is 3.32. The molecule has 0 unspecified atom stereocenters. The molecule has 0 spiro atoms. The minimum Gasteiger partial charge on any atom is -0.504 e. The number of carbonyl (C=O) groups is 1. The summed E-state index contributed by atoms with van der Waals surface area (Å²) in [6.07, 6.45) is 2.93. The fourth-order valence-corrected chi connectivity index (χ4v) is 6.71. The Bertz CT molecular complexity index is 530. The summed E-state index contributed by atoms with van der Waals surface area (Å²) < 4.78 is 4.76. The van der Waals surface area contributed by atoms with Crippen molar-refractivity contribution in [3.63, 3.8) is 0 Å². The van der Waals surface area contributed by atoms with E-state index in [2.05, 4.69) is 27.7 Å². The lowest BCUT2D eigenvalue weighted by molar-refractivity contribution is 0.143. The molecule has 0 aromatic heterocycles. The van der Waals surface area contributed by atoms with Crippen LogP contribution in [0.15, 0.2) is 12.1 Å². The number of aromatic hydroxyl groups is 1. The quantitative estimate of drug-likeness (QED) is 0.243. The summed E-state index contributed by atoms with van der Waals surface area (Å²) in [4.78, 5) is 10.9. The largest absolute Gasteiger partial charge is 0.511 e. The molecule has 0 atom stereocenters. The molecule has 0 aliphatic rings. The van der Waals surface area contributed by atoms with Gasteiger partial charge in [0.05, 0.1) is 8.07 Å². The summed E-state index contributed by atoms with van der Waals surface area (Å²) in [6.45, 7) is 8.98. The van der Waals surface area contributed by atoms with Crippen LogP contribution in [-0.4, -0.2) is 24.4 Å². The third kappa shape index (κ3) is 5.55. The number of hydrogen-bond donors (Lipinski definition) is 2. The van der Waals surface area contributed by atoms with Gasteiger partial charge in [-0.1, -0.05) is 58.7 Å². The first kappa shape index (κ1) is 20.6. The molecule has 1 aromatic carbocycles. The van der Waals surface area contributed by atoms with Crippen molar-refractivity contribution in [2.24, 2.45) is 0 Å². The molecule has 0 heterocycles. The van der Waals surface area contributed by atoms with Crippen LogP contribution in [0.3, 0.4) is 0 Å². The van der Waals surface area contributed by atoms with Crippen LogP contribution in [0.1, 0.15) is 58.1 Å². The highest BCUT2D eigenvalue weighted by Gasteiger charge is 2.28. The van der Waals surface area contributed by atoms with E-state index >= 15 is 0 Å². The number of rotatable bonds is 10. The fraction of sp³-hybridized carbons (Fsp3) is 0.632. The van der Waals surface area contributed by atoms with Crippen molar-refractivity contribution < 1.29 is 19.7 Å². The third-order valence-corrected chi connectivity index (χ3v) is 11.0. The second-order valence-corrected chi connectivity index (χ2v) is 12.1. The molecule has 0 aliphatic heterocycles. The van der Waals surface area contributed by atoms with E-state index in [4.69, 9.17) is 9.84 Å². The molecule has 0 saturated heterocycles. The van der Waals surface area contributed by atoms with Gasteiger partial charge in [0.2, 0.25) is 0 Å². The Kier molecular flexibility index (Phi) is 8.32. The number of benzene rings is 1. The van der Waals surface area contributed by atoms with Gasteiger partial charge in [0, 0.05) is 0 Å². The summed E-state index contributed by atoms with van der Waals surface area (Å²) in [5.74, 6) is -0.0210. The molecule has 1 aromatic rings.